The number of phenols is 1. The van der Waals surface area contributed by atoms with Crippen LogP contribution in [0.4, 0.5) is 0 Å². The molecular formula is C24H40O3. The Kier molecular flexibility index (Phi) is 7.76. The monoisotopic (exact) mass is 376 g/mol. The molecule has 0 spiro atoms. The highest BCUT2D eigenvalue weighted by Crippen LogP contribution is 2.61. The van der Waals surface area contributed by atoms with Crippen LogP contribution >= 0.6 is 0 Å². The van der Waals surface area contributed by atoms with Gasteiger partial charge in [-0.05, 0) is 91.4 Å². The van der Waals surface area contributed by atoms with E-state index in [4.69, 9.17) is 9.84 Å². The average molecular weight is 377 g/mol. The molecule has 2 saturated carbocycles. The lowest BCUT2D eigenvalue weighted by Gasteiger charge is -2.50. The first kappa shape index (κ1) is 22.2. The molecule has 5 unspecified atom stereocenters. The van der Waals surface area contributed by atoms with E-state index in [1.165, 1.54) is 43.2 Å². The summed E-state index contributed by atoms with van der Waals surface area (Å²) in [5, 5.41) is 18.8. The molecule has 0 saturated heterocycles. The number of hydrogen-bond donors (Lipinski definition) is 2. The molecule has 3 aliphatic rings. The number of phenolic OH excluding ortho intramolecular Hbond substituents is 1. The zero-order valence-corrected chi connectivity index (χ0v) is 16.7. The van der Waals surface area contributed by atoms with Gasteiger partial charge in [0.2, 0.25) is 0 Å². The SMILES string of the molecule is C.CC.CC12CCC3c4ccc(O)cc4CCC3C1CCC2OCCCO. The van der Waals surface area contributed by atoms with Crippen LogP contribution < -0.4 is 0 Å². The molecule has 5 atom stereocenters. The maximum absolute atomic E-state index is 9.78. The first-order valence-corrected chi connectivity index (χ1v) is 10.7. The number of aromatic hydroxyl groups is 1. The summed E-state index contributed by atoms with van der Waals surface area (Å²) in [6, 6.07) is 6.02. The van der Waals surface area contributed by atoms with E-state index < -0.39 is 0 Å². The molecule has 2 N–H and O–H groups in total. The molecule has 3 nitrogen and oxygen atoms in total. The number of benzene rings is 1. The van der Waals surface area contributed by atoms with E-state index in [2.05, 4.69) is 13.0 Å². The van der Waals surface area contributed by atoms with Crippen LogP contribution in [0.15, 0.2) is 18.2 Å². The average Bonchev–Trinajstić information content (AvgIpc) is 3.00. The second kappa shape index (κ2) is 9.43. The van der Waals surface area contributed by atoms with E-state index in [-0.39, 0.29) is 14.0 Å². The fraction of sp³-hybridized carbons (Fsp3) is 0.750. The molecule has 1 aromatic carbocycles. The highest BCUT2D eigenvalue weighted by atomic mass is 16.5. The number of fused-ring (bicyclic) bond motifs is 5. The van der Waals surface area contributed by atoms with E-state index in [0.717, 1.165) is 24.7 Å². The number of aliphatic hydroxyl groups excluding tert-OH is 1. The minimum atomic E-state index is 0. The van der Waals surface area contributed by atoms with Gasteiger partial charge in [-0.3, -0.25) is 0 Å². The molecule has 0 aliphatic heterocycles. The third-order valence-corrected chi connectivity index (χ3v) is 7.24. The molecule has 2 fully saturated rings. The first-order valence-electron chi connectivity index (χ1n) is 10.7. The molecule has 0 aromatic heterocycles. The molecule has 0 heterocycles. The van der Waals surface area contributed by atoms with Crippen LogP contribution in [0, 0.1) is 17.3 Å². The van der Waals surface area contributed by atoms with Crippen LogP contribution in [0.3, 0.4) is 0 Å². The Labute approximate surface area is 166 Å². The fourth-order valence-corrected chi connectivity index (χ4v) is 6.08. The van der Waals surface area contributed by atoms with Gasteiger partial charge in [-0.1, -0.05) is 34.3 Å². The maximum Gasteiger partial charge on any atom is 0.115 e. The minimum absolute atomic E-state index is 0. The lowest BCUT2D eigenvalue weighted by atomic mass is 9.55. The van der Waals surface area contributed by atoms with E-state index >= 15 is 0 Å². The van der Waals surface area contributed by atoms with Gasteiger partial charge >= 0.3 is 0 Å². The van der Waals surface area contributed by atoms with Crippen LogP contribution in [-0.4, -0.2) is 29.5 Å². The number of hydrogen-bond acceptors (Lipinski definition) is 3. The third-order valence-electron chi connectivity index (χ3n) is 7.24. The summed E-state index contributed by atoms with van der Waals surface area (Å²) in [5.74, 6) is 2.61. The Bertz CT molecular complexity index is 599. The zero-order chi connectivity index (χ0) is 18.7. The summed E-state index contributed by atoms with van der Waals surface area (Å²) in [4.78, 5) is 0. The third kappa shape index (κ3) is 4.05. The van der Waals surface area contributed by atoms with Gasteiger partial charge in [-0.2, -0.15) is 0 Å². The molecule has 4 rings (SSSR count). The van der Waals surface area contributed by atoms with Gasteiger partial charge in [0.15, 0.2) is 0 Å². The summed E-state index contributed by atoms with van der Waals surface area (Å²) < 4.78 is 6.19. The van der Waals surface area contributed by atoms with Crippen molar-refractivity contribution in [3.05, 3.63) is 29.3 Å². The smallest absolute Gasteiger partial charge is 0.115 e. The van der Waals surface area contributed by atoms with Crippen molar-refractivity contribution in [3.8, 4) is 5.75 Å². The lowest BCUT2D eigenvalue weighted by molar-refractivity contribution is -0.0661. The van der Waals surface area contributed by atoms with Crippen molar-refractivity contribution in [2.75, 3.05) is 13.2 Å². The summed E-state index contributed by atoms with van der Waals surface area (Å²) in [5.41, 5.74) is 3.18. The van der Waals surface area contributed by atoms with Gasteiger partial charge in [0.25, 0.3) is 0 Å². The largest absolute Gasteiger partial charge is 0.508 e. The Morgan fingerprint density at radius 1 is 1.15 bits per heavy atom. The molecule has 1 aromatic rings. The summed E-state index contributed by atoms with van der Waals surface area (Å²) >= 11 is 0. The number of rotatable bonds is 4. The van der Waals surface area contributed by atoms with E-state index in [1.807, 2.05) is 26.0 Å². The second-order valence-electron chi connectivity index (χ2n) is 8.36. The van der Waals surface area contributed by atoms with Gasteiger partial charge in [0.1, 0.15) is 5.75 Å². The summed E-state index contributed by atoms with van der Waals surface area (Å²) in [6.07, 6.45) is 8.43. The van der Waals surface area contributed by atoms with Crippen molar-refractivity contribution < 1.29 is 14.9 Å². The minimum Gasteiger partial charge on any atom is -0.508 e. The van der Waals surface area contributed by atoms with Crippen molar-refractivity contribution in [2.45, 2.75) is 85.2 Å². The van der Waals surface area contributed by atoms with E-state index in [9.17, 15) is 5.11 Å². The van der Waals surface area contributed by atoms with Gasteiger partial charge in [-0.15, -0.1) is 0 Å². The fourth-order valence-electron chi connectivity index (χ4n) is 6.08. The molecule has 27 heavy (non-hydrogen) atoms. The highest BCUT2D eigenvalue weighted by Gasteiger charge is 2.55. The summed E-state index contributed by atoms with van der Waals surface area (Å²) in [7, 11) is 0. The predicted molar refractivity (Wildman–Crippen MR) is 112 cm³/mol. The first-order chi connectivity index (χ1) is 12.6. The van der Waals surface area contributed by atoms with Gasteiger partial charge < -0.3 is 14.9 Å². The molecule has 0 amide bonds. The number of aryl methyl sites for hydroxylation is 1. The van der Waals surface area contributed by atoms with Crippen molar-refractivity contribution in [1.29, 1.82) is 0 Å². The number of aliphatic hydroxyl groups is 1. The molecule has 154 valence electrons. The van der Waals surface area contributed by atoms with Crippen LogP contribution in [-0.2, 0) is 11.2 Å². The van der Waals surface area contributed by atoms with Gasteiger partial charge in [0.05, 0.1) is 6.10 Å². The second-order valence-corrected chi connectivity index (χ2v) is 8.36. The quantitative estimate of drug-likeness (QED) is 0.665. The molecule has 0 radical (unpaired) electrons. The van der Waals surface area contributed by atoms with Crippen molar-refractivity contribution in [1.82, 2.24) is 0 Å². The highest BCUT2D eigenvalue weighted by molar-refractivity contribution is 5.40. The molecule has 3 aliphatic carbocycles. The van der Waals surface area contributed by atoms with Gasteiger partial charge in [0, 0.05) is 13.2 Å². The Hall–Kier alpha value is -1.06. The Balaban J connectivity index is 0.000000844. The van der Waals surface area contributed by atoms with E-state index in [1.54, 1.807) is 0 Å². The van der Waals surface area contributed by atoms with Gasteiger partial charge in [-0.25, -0.2) is 0 Å². The van der Waals surface area contributed by atoms with Crippen molar-refractivity contribution in [3.63, 3.8) is 0 Å². The predicted octanol–water partition coefficient (Wildman–Crippen LogP) is 5.68. The number of ether oxygens (including phenoxy) is 1. The van der Waals surface area contributed by atoms with Crippen molar-refractivity contribution >= 4 is 0 Å². The van der Waals surface area contributed by atoms with Crippen LogP contribution in [0.2, 0.25) is 0 Å². The maximum atomic E-state index is 9.78. The van der Waals surface area contributed by atoms with E-state index in [0.29, 0.717) is 29.8 Å². The standard InChI is InChI=1S/C21H30O3.C2H6.CH4/c1-21-10-9-17-16-6-4-15(23)13-14(16)3-5-18(17)19(21)7-8-20(21)24-12-2-11-22;1-2;/h4,6,13,17-20,22-23H,2-3,5,7-12H2,1H3;1-2H3;1H4. The lowest BCUT2D eigenvalue weighted by Crippen LogP contribution is -2.44. The Morgan fingerprint density at radius 2 is 1.93 bits per heavy atom. The summed E-state index contributed by atoms with van der Waals surface area (Å²) in [6.45, 7) is 7.37. The normalized spacial score (nSPS) is 33.6. The molecule has 3 heteroatoms. The molecule has 0 bridgehead atoms. The Morgan fingerprint density at radius 3 is 2.67 bits per heavy atom. The van der Waals surface area contributed by atoms with Crippen LogP contribution in [0.25, 0.3) is 0 Å². The van der Waals surface area contributed by atoms with Crippen LogP contribution in [0.5, 0.6) is 5.75 Å². The van der Waals surface area contributed by atoms with Crippen LogP contribution in [0.1, 0.15) is 83.8 Å². The zero-order valence-electron chi connectivity index (χ0n) is 16.7. The van der Waals surface area contributed by atoms with Crippen molar-refractivity contribution in [2.24, 2.45) is 17.3 Å². The molecular weight excluding hydrogens is 336 g/mol. The topological polar surface area (TPSA) is 49.7 Å².